The third kappa shape index (κ3) is 3.06. The van der Waals surface area contributed by atoms with Crippen LogP contribution >= 0.6 is 11.6 Å². The number of halogens is 2. The zero-order valence-electron chi connectivity index (χ0n) is 15.8. The normalized spacial score (nSPS) is 20.7. The van der Waals surface area contributed by atoms with Gasteiger partial charge in [-0.05, 0) is 51.3 Å². The van der Waals surface area contributed by atoms with Crippen molar-refractivity contribution in [2.75, 3.05) is 25.0 Å². The minimum atomic E-state index is -1.39. The van der Waals surface area contributed by atoms with Gasteiger partial charge in [0.25, 0.3) is 0 Å². The topological polar surface area (TPSA) is 74.6 Å². The zero-order chi connectivity index (χ0) is 20.2. The molecule has 2 fully saturated rings. The Morgan fingerprint density at radius 2 is 2.07 bits per heavy atom. The number of fused-ring (bicyclic) bond motifs is 1. The zero-order valence-corrected chi connectivity index (χ0v) is 16.6. The highest BCUT2D eigenvalue weighted by Crippen LogP contribution is 2.41. The number of hydrogen-bond acceptors (Lipinski definition) is 4. The Morgan fingerprint density at radius 1 is 1.36 bits per heavy atom. The van der Waals surface area contributed by atoms with Gasteiger partial charge in [0.05, 0.1) is 11.2 Å². The minimum Gasteiger partial charge on any atom is -0.477 e. The van der Waals surface area contributed by atoms with Crippen LogP contribution in [0.2, 0.25) is 5.15 Å². The van der Waals surface area contributed by atoms with Crippen LogP contribution in [0.15, 0.2) is 16.9 Å². The second-order valence-electron chi connectivity index (χ2n) is 7.79. The molecular formula is C20H23ClFN3O3. The fraction of sp³-hybridized carbons (Fsp3) is 0.500. The van der Waals surface area contributed by atoms with Crippen LogP contribution in [0.5, 0.6) is 0 Å². The van der Waals surface area contributed by atoms with Gasteiger partial charge in [0, 0.05) is 30.6 Å². The molecule has 6 nitrogen and oxygen atoms in total. The molecule has 2 heterocycles. The predicted molar refractivity (Wildman–Crippen MR) is 107 cm³/mol. The van der Waals surface area contributed by atoms with Crippen LogP contribution in [0.3, 0.4) is 0 Å². The Kier molecular flexibility index (Phi) is 4.83. The third-order valence-corrected chi connectivity index (χ3v) is 6.44. The van der Waals surface area contributed by atoms with Crippen molar-refractivity contribution in [1.29, 1.82) is 0 Å². The van der Waals surface area contributed by atoms with E-state index >= 15 is 0 Å². The minimum absolute atomic E-state index is 0.0441. The Bertz CT molecular complexity index is 1020. The van der Waals surface area contributed by atoms with E-state index in [2.05, 4.69) is 12.2 Å². The third-order valence-electron chi connectivity index (χ3n) is 6.07. The molecule has 1 aromatic heterocycles. The number of nitrogens with zero attached hydrogens (tertiary/aromatic N) is 2. The van der Waals surface area contributed by atoms with Crippen LogP contribution in [-0.4, -0.2) is 41.8 Å². The number of hydrogen-bond donors (Lipinski definition) is 2. The summed E-state index contributed by atoms with van der Waals surface area (Å²) in [6, 6.07) is 3.20. The monoisotopic (exact) mass is 407 g/mol. The largest absolute Gasteiger partial charge is 0.477 e. The van der Waals surface area contributed by atoms with Crippen LogP contribution in [-0.2, 0) is 0 Å². The first-order chi connectivity index (χ1) is 13.3. The Morgan fingerprint density at radius 3 is 2.68 bits per heavy atom. The number of carboxylic acids is 1. The molecular weight excluding hydrogens is 385 g/mol. The van der Waals surface area contributed by atoms with Crippen LogP contribution in [0.1, 0.15) is 42.6 Å². The highest BCUT2D eigenvalue weighted by atomic mass is 35.5. The average Bonchev–Trinajstić information content (AvgIpc) is 3.36. The number of aromatic nitrogens is 1. The van der Waals surface area contributed by atoms with E-state index in [1.807, 2.05) is 11.9 Å². The molecule has 1 aliphatic heterocycles. The second-order valence-corrected chi connectivity index (χ2v) is 8.15. The van der Waals surface area contributed by atoms with Gasteiger partial charge < -0.3 is 19.9 Å². The van der Waals surface area contributed by atoms with Gasteiger partial charge >= 0.3 is 5.97 Å². The Labute approximate surface area is 166 Å². The van der Waals surface area contributed by atoms with Crippen molar-refractivity contribution in [2.45, 2.75) is 38.3 Å². The summed E-state index contributed by atoms with van der Waals surface area (Å²) in [7, 11) is 1.92. The average molecular weight is 408 g/mol. The number of rotatable bonds is 5. The number of anilines is 1. The van der Waals surface area contributed by atoms with Gasteiger partial charge in [-0.1, -0.05) is 11.6 Å². The van der Waals surface area contributed by atoms with E-state index in [0.29, 0.717) is 23.2 Å². The summed E-state index contributed by atoms with van der Waals surface area (Å²) in [5.74, 6) is -1.49. The molecule has 0 spiro atoms. The van der Waals surface area contributed by atoms with Gasteiger partial charge in [-0.3, -0.25) is 4.79 Å². The number of aromatic carboxylic acids is 1. The summed E-state index contributed by atoms with van der Waals surface area (Å²) in [5.41, 5.74) is -0.287. The van der Waals surface area contributed by atoms with Gasteiger partial charge in [0.15, 0.2) is 0 Å². The lowest BCUT2D eigenvalue weighted by Crippen LogP contribution is -2.33. The van der Waals surface area contributed by atoms with Gasteiger partial charge in [-0.15, -0.1) is 0 Å². The molecule has 0 bridgehead atoms. The van der Waals surface area contributed by atoms with E-state index in [4.69, 9.17) is 11.6 Å². The molecule has 4 rings (SSSR count). The van der Waals surface area contributed by atoms with Gasteiger partial charge in [0.2, 0.25) is 5.43 Å². The van der Waals surface area contributed by atoms with E-state index in [-0.39, 0.29) is 16.6 Å². The molecule has 2 atom stereocenters. The smallest absolute Gasteiger partial charge is 0.342 e. The number of carbonyl (C=O) groups is 1. The van der Waals surface area contributed by atoms with Crippen LogP contribution in [0, 0.1) is 11.7 Å². The van der Waals surface area contributed by atoms with Crippen LogP contribution in [0.25, 0.3) is 10.9 Å². The molecule has 28 heavy (non-hydrogen) atoms. The van der Waals surface area contributed by atoms with Crippen molar-refractivity contribution in [3.63, 3.8) is 0 Å². The van der Waals surface area contributed by atoms with Crippen LogP contribution in [0.4, 0.5) is 10.1 Å². The van der Waals surface area contributed by atoms with Gasteiger partial charge in [-0.25, -0.2) is 9.18 Å². The summed E-state index contributed by atoms with van der Waals surface area (Å²) in [6.45, 7) is 3.57. The summed E-state index contributed by atoms with van der Waals surface area (Å²) in [4.78, 5) is 26.2. The Hall–Kier alpha value is -2.12. The molecule has 2 N–H and O–H groups in total. The highest BCUT2D eigenvalue weighted by Gasteiger charge is 2.33. The van der Waals surface area contributed by atoms with E-state index in [0.717, 1.165) is 32.4 Å². The summed E-state index contributed by atoms with van der Waals surface area (Å²) < 4.78 is 16.6. The van der Waals surface area contributed by atoms with E-state index in [1.54, 1.807) is 10.6 Å². The fourth-order valence-electron chi connectivity index (χ4n) is 4.15. The molecule has 150 valence electrons. The van der Waals surface area contributed by atoms with Crippen molar-refractivity contribution < 1.29 is 14.3 Å². The first-order valence-electron chi connectivity index (χ1n) is 9.56. The molecule has 0 radical (unpaired) electrons. The molecule has 2 aromatic rings. The van der Waals surface area contributed by atoms with Crippen molar-refractivity contribution in [3.05, 3.63) is 38.9 Å². The maximum atomic E-state index is 15.0. The van der Waals surface area contributed by atoms with E-state index < -0.39 is 22.8 Å². The second kappa shape index (κ2) is 7.04. The maximum Gasteiger partial charge on any atom is 0.342 e. The van der Waals surface area contributed by atoms with Gasteiger partial charge in [0.1, 0.15) is 16.5 Å². The van der Waals surface area contributed by atoms with Crippen LogP contribution < -0.4 is 15.6 Å². The molecule has 2 unspecified atom stereocenters. The molecule has 1 saturated carbocycles. The number of nitrogens with one attached hydrogen (secondary N) is 1. The molecule has 0 amide bonds. The van der Waals surface area contributed by atoms with Gasteiger partial charge in [-0.2, -0.15) is 0 Å². The van der Waals surface area contributed by atoms with Crippen molar-refractivity contribution >= 4 is 34.2 Å². The molecule has 8 heteroatoms. The maximum absolute atomic E-state index is 15.0. The molecule has 1 aromatic carbocycles. The lowest BCUT2D eigenvalue weighted by Gasteiger charge is -2.23. The summed E-state index contributed by atoms with van der Waals surface area (Å²) in [5, 5.41) is 12.7. The van der Waals surface area contributed by atoms with Crippen molar-refractivity contribution in [3.8, 4) is 0 Å². The molecule has 2 aliphatic rings. The first kappa shape index (κ1) is 19.2. The van der Waals surface area contributed by atoms with E-state index in [1.165, 1.54) is 6.07 Å². The Balaban J connectivity index is 1.87. The lowest BCUT2D eigenvalue weighted by molar-refractivity contribution is 0.0695. The standard InChI is InChI=1S/C20H23ClFN3O3/c1-10(23-2)11-5-6-24(9-11)16-8-15-13(7-14(16)22)18(26)17(20(27)28)19(21)25(15)12-3-4-12/h7-8,10-12,23H,3-6,9H2,1-2H3,(H,27,28). The number of carboxylic acid groups (broad SMARTS) is 1. The lowest BCUT2D eigenvalue weighted by atomic mass is 10.0. The highest BCUT2D eigenvalue weighted by molar-refractivity contribution is 6.33. The summed E-state index contributed by atoms with van der Waals surface area (Å²) >= 11 is 6.32. The van der Waals surface area contributed by atoms with Crippen molar-refractivity contribution in [2.24, 2.45) is 5.92 Å². The number of pyridine rings is 1. The number of benzene rings is 1. The van der Waals surface area contributed by atoms with E-state index in [9.17, 15) is 19.1 Å². The summed E-state index contributed by atoms with van der Waals surface area (Å²) in [6.07, 6.45) is 2.66. The SMILES string of the molecule is CNC(C)C1CCN(c2cc3c(cc2F)c(=O)c(C(=O)O)c(Cl)n3C2CC2)C1. The fourth-order valence-corrected chi connectivity index (χ4v) is 4.55. The first-order valence-corrected chi connectivity index (χ1v) is 9.94. The predicted octanol–water partition coefficient (Wildman–Crippen LogP) is 3.26. The quantitative estimate of drug-likeness (QED) is 0.744. The molecule has 1 saturated heterocycles. The molecule has 1 aliphatic carbocycles. The van der Waals surface area contributed by atoms with Crippen molar-refractivity contribution in [1.82, 2.24) is 9.88 Å².